The van der Waals surface area contributed by atoms with Gasteiger partial charge in [-0.2, -0.15) is 0 Å². The van der Waals surface area contributed by atoms with E-state index in [4.69, 9.17) is 4.74 Å². The maximum Gasteiger partial charge on any atom is 0.333 e. The smallest absolute Gasteiger partial charge is 0.333 e. The molecule has 2 rings (SSSR count). The highest BCUT2D eigenvalue weighted by atomic mass is 16.6. The number of nitrogens with one attached hydrogen (secondary N) is 1. The summed E-state index contributed by atoms with van der Waals surface area (Å²) >= 11 is 0. The van der Waals surface area contributed by atoms with Gasteiger partial charge in [-0.15, -0.1) is 0 Å². The van der Waals surface area contributed by atoms with Crippen LogP contribution in [0.25, 0.3) is 0 Å². The van der Waals surface area contributed by atoms with Crippen LogP contribution in [0.2, 0.25) is 0 Å². The summed E-state index contributed by atoms with van der Waals surface area (Å²) in [7, 11) is 1.47. The number of hydrogen-bond donors (Lipinski definition) is 1. The summed E-state index contributed by atoms with van der Waals surface area (Å²) < 4.78 is 5.18. The van der Waals surface area contributed by atoms with Gasteiger partial charge in [-0.1, -0.05) is 19.9 Å². The highest BCUT2D eigenvalue weighted by Crippen LogP contribution is 2.38. The average molecular weight is 293 g/mol. The second kappa shape index (κ2) is 6.76. The largest absolute Gasteiger partial charge is 0.490 e. The Morgan fingerprint density at radius 3 is 2.76 bits per heavy atom. The van der Waals surface area contributed by atoms with Gasteiger partial charge in [-0.3, -0.25) is 10.1 Å². The van der Waals surface area contributed by atoms with Gasteiger partial charge in [-0.25, -0.2) is 0 Å². The van der Waals surface area contributed by atoms with Gasteiger partial charge in [0.2, 0.25) is 0 Å². The van der Waals surface area contributed by atoms with E-state index >= 15 is 0 Å². The van der Waals surface area contributed by atoms with E-state index in [9.17, 15) is 10.1 Å². The van der Waals surface area contributed by atoms with Crippen LogP contribution in [0.5, 0.6) is 5.75 Å². The van der Waals surface area contributed by atoms with Gasteiger partial charge < -0.3 is 15.0 Å². The normalized spacial score (nSPS) is 22.1. The Hall–Kier alpha value is -1.82. The number of methoxy groups -OCH3 is 1. The van der Waals surface area contributed by atoms with Crippen LogP contribution in [0.4, 0.5) is 11.4 Å². The Bertz CT molecular complexity index is 507. The Morgan fingerprint density at radius 1 is 1.43 bits per heavy atom. The van der Waals surface area contributed by atoms with Gasteiger partial charge in [-0.05, 0) is 25.0 Å². The zero-order chi connectivity index (χ0) is 15.4. The number of rotatable bonds is 5. The molecule has 1 aromatic carbocycles. The lowest BCUT2D eigenvalue weighted by atomic mass is 10.0. The van der Waals surface area contributed by atoms with Crippen molar-refractivity contribution in [1.82, 2.24) is 5.32 Å². The fourth-order valence-electron chi connectivity index (χ4n) is 2.89. The minimum absolute atomic E-state index is 0.0650. The predicted molar refractivity (Wildman–Crippen MR) is 83.2 cm³/mol. The van der Waals surface area contributed by atoms with Crippen molar-refractivity contribution in [1.29, 1.82) is 0 Å². The molecule has 1 aliphatic heterocycles. The molecule has 1 aromatic rings. The van der Waals surface area contributed by atoms with Crippen molar-refractivity contribution in [2.75, 3.05) is 25.1 Å². The molecule has 0 bridgehead atoms. The van der Waals surface area contributed by atoms with E-state index in [1.54, 1.807) is 6.07 Å². The van der Waals surface area contributed by atoms with Crippen LogP contribution in [-0.2, 0) is 0 Å². The maximum absolute atomic E-state index is 11.5. The first-order chi connectivity index (χ1) is 10.1. The molecule has 6 heteroatoms. The standard InChI is InChI=1S/C15H23N3O3/c1-4-11-10-17(12(5-2)9-16-11)13-7-6-8-14(21-3)15(13)18(19)20/h6-8,11-12,16H,4-5,9-10H2,1-3H3. The van der Waals surface area contributed by atoms with Crippen LogP contribution in [0.15, 0.2) is 18.2 Å². The topological polar surface area (TPSA) is 67.6 Å². The summed E-state index contributed by atoms with van der Waals surface area (Å²) in [5, 5.41) is 15.0. The number of anilines is 1. The number of ether oxygens (including phenoxy) is 1. The third-order valence-electron chi connectivity index (χ3n) is 4.15. The SMILES string of the molecule is CCC1CN(c2cccc(OC)c2[N+](=O)[O-])C(CC)CN1. The van der Waals surface area contributed by atoms with Crippen molar-refractivity contribution in [3.63, 3.8) is 0 Å². The molecule has 0 spiro atoms. The summed E-state index contributed by atoms with van der Waals surface area (Å²) in [4.78, 5) is 13.3. The van der Waals surface area contributed by atoms with Gasteiger partial charge in [0.25, 0.3) is 0 Å². The number of nitrogens with zero attached hydrogens (tertiary/aromatic N) is 2. The summed E-state index contributed by atoms with van der Waals surface area (Å²) in [5.74, 6) is 0.318. The van der Waals surface area contributed by atoms with Gasteiger partial charge in [0.1, 0.15) is 5.69 Å². The fourth-order valence-corrected chi connectivity index (χ4v) is 2.89. The molecule has 0 aliphatic carbocycles. The lowest BCUT2D eigenvalue weighted by molar-refractivity contribution is -0.385. The van der Waals surface area contributed by atoms with Crippen LogP contribution in [0, 0.1) is 10.1 Å². The van der Waals surface area contributed by atoms with E-state index in [-0.39, 0.29) is 16.7 Å². The molecule has 1 N–H and O–H groups in total. The first kappa shape index (κ1) is 15.6. The van der Waals surface area contributed by atoms with Crippen LogP contribution in [0.3, 0.4) is 0 Å². The van der Waals surface area contributed by atoms with Crippen molar-refractivity contribution < 1.29 is 9.66 Å². The molecule has 0 amide bonds. The molecule has 1 saturated heterocycles. The highest BCUT2D eigenvalue weighted by Gasteiger charge is 2.32. The molecular formula is C15H23N3O3. The molecule has 2 atom stereocenters. The lowest BCUT2D eigenvalue weighted by Gasteiger charge is -2.41. The van der Waals surface area contributed by atoms with Gasteiger partial charge in [0.15, 0.2) is 5.75 Å². The van der Waals surface area contributed by atoms with E-state index in [1.807, 2.05) is 12.1 Å². The third-order valence-corrected chi connectivity index (χ3v) is 4.15. The van der Waals surface area contributed by atoms with Crippen molar-refractivity contribution in [2.24, 2.45) is 0 Å². The second-order valence-corrected chi connectivity index (χ2v) is 5.31. The van der Waals surface area contributed by atoms with Gasteiger partial charge in [0, 0.05) is 25.2 Å². The van der Waals surface area contributed by atoms with Crippen LogP contribution in [0.1, 0.15) is 26.7 Å². The van der Waals surface area contributed by atoms with Crippen LogP contribution in [-0.4, -0.2) is 37.2 Å². The second-order valence-electron chi connectivity index (χ2n) is 5.31. The number of nitro groups is 1. The maximum atomic E-state index is 11.5. The Labute approximate surface area is 125 Å². The Balaban J connectivity index is 2.44. The molecule has 0 aromatic heterocycles. The fraction of sp³-hybridized carbons (Fsp3) is 0.600. The summed E-state index contributed by atoms with van der Waals surface area (Å²) in [6, 6.07) is 5.90. The molecule has 6 nitrogen and oxygen atoms in total. The predicted octanol–water partition coefficient (Wildman–Crippen LogP) is 2.57. The molecule has 1 fully saturated rings. The Morgan fingerprint density at radius 2 is 2.19 bits per heavy atom. The van der Waals surface area contributed by atoms with Gasteiger partial charge >= 0.3 is 5.69 Å². The monoisotopic (exact) mass is 293 g/mol. The summed E-state index contributed by atoms with van der Waals surface area (Å²) in [5.41, 5.74) is 0.723. The highest BCUT2D eigenvalue weighted by molar-refractivity contribution is 5.70. The van der Waals surface area contributed by atoms with Crippen LogP contribution >= 0.6 is 0 Å². The van der Waals surface area contributed by atoms with E-state index < -0.39 is 0 Å². The van der Waals surface area contributed by atoms with Gasteiger partial charge in [0.05, 0.1) is 12.0 Å². The number of nitro benzene ring substituents is 1. The molecule has 0 saturated carbocycles. The quantitative estimate of drug-likeness (QED) is 0.667. The van der Waals surface area contributed by atoms with Crippen molar-refractivity contribution in [2.45, 2.75) is 38.8 Å². The summed E-state index contributed by atoms with van der Waals surface area (Å²) in [6.45, 7) is 5.87. The first-order valence-corrected chi connectivity index (χ1v) is 7.43. The molecule has 116 valence electrons. The molecule has 0 radical (unpaired) electrons. The van der Waals surface area contributed by atoms with Crippen molar-refractivity contribution in [3.05, 3.63) is 28.3 Å². The lowest BCUT2D eigenvalue weighted by Crippen LogP contribution is -2.56. The molecule has 2 unspecified atom stereocenters. The van der Waals surface area contributed by atoms with Crippen molar-refractivity contribution >= 4 is 11.4 Å². The third kappa shape index (κ3) is 3.10. The van der Waals surface area contributed by atoms with E-state index in [1.165, 1.54) is 7.11 Å². The van der Waals surface area contributed by atoms with E-state index in [0.717, 1.165) is 25.9 Å². The van der Waals surface area contributed by atoms with Crippen LogP contribution < -0.4 is 15.0 Å². The number of piperazine rings is 1. The van der Waals surface area contributed by atoms with Crippen molar-refractivity contribution in [3.8, 4) is 5.75 Å². The number of hydrogen-bond acceptors (Lipinski definition) is 5. The molecule has 1 heterocycles. The average Bonchev–Trinajstić information content (AvgIpc) is 2.53. The zero-order valence-corrected chi connectivity index (χ0v) is 12.8. The zero-order valence-electron chi connectivity index (χ0n) is 12.8. The summed E-state index contributed by atoms with van der Waals surface area (Å²) in [6.07, 6.45) is 1.95. The number of para-hydroxylation sites is 1. The number of benzene rings is 1. The first-order valence-electron chi connectivity index (χ1n) is 7.43. The molecule has 21 heavy (non-hydrogen) atoms. The Kier molecular flexibility index (Phi) is 5.01. The van der Waals surface area contributed by atoms with E-state index in [0.29, 0.717) is 17.5 Å². The minimum Gasteiger partial charge on any atom is -0.490 e. The van der Waals surface area contributed by atoms with E-state index in [2.05, 4.69) is 24.1 Å². The molecular weight excluding hydrogens is 270 g/mol. The molecule has 1 aliphatic rings. The minimum atomic E-state index is -0.343.